The fraction of sp³-hybridized carbons (Fsp3) is 0.235. The number of carbonyl (C=O) groups is 1. The summed E-state index contributed by atoms with van der Waals surface area (Å²) in [4.78, 5) is 14.7. The van der Waals surface area contributed by atoms with E-state index < -0.39 is 0 Å². The Kier molecular flexibility index (Phi) is 3.97. The molecule has 3 rings (SSSR count). The number of benzene rings is 2. The first-order chi connectivity index (χ1) is 10.1. The maximum absolute atomic E-state index is 12.8. The second-order valence-corrected chi connectivity index (χ2v) is 6.34. The zero-order chi connectivity index (χ0) is 14.8. The highest BCUT2D eigenvalue weighted by Gasteiger charge is 2.33. The molecule has 3 nitrogen and oxygen atoms in total. The second-order valence-electron chi connectivity index (χ2n) is 5.42. The molecule has 108 valence electrons. The lowest BCUT2D eigenvalue weighted by Crippen LogP contribution is -2.32. The van der Waals surface area contributed by atoms with Gasteiger partial charge in [0.15, 0.2) is 0 Å². The van der Waals surface area contributed by atoms with Crippen molar-refractivity contribution >= 4 is 27.5 Å². The first-order valence-electron chi connectivity index (χ1n) is 7.04. The van der Waals surface area contributed by atoms with E-state index in [0.29, 0.717) is 23.8 Å². The zero-order valence-corrected chi connectivity index (χ0v) is 13.2. The van der Waals surface area contributed by atoms with Crippen LogP contribution in [-0.2, 0) is 6.54 Å². The highest BCUT2D eigenvalue weighted by molar-refractivity contribution is 9.10. The smallest absolute Gasteiger partial charge is 0.254 e. The number of anilines is 1. The van der Waals surface area contributed by atoms with Gasteiger partial charge in [-0.05, 0) is 36.6 Å². The highest BCUT2D eigenvalue weighted by atomic mass is 79.9. The maximum Gasteiger partial charge on any atom is 0.254 e. The average Bonchev–Trinajstić information content (AvgIpc) is 3.29. The van der Waals surface area contributed by atoms with E-state index in [9.17, 15) is 4.79 Å². The van der Waals surface area contributed by atoms with Crippen molar-refractivity contribution in [2.75, 3.05) is 5.73 Å². The van der Waals surface area contributed by atoms with Crippen molar-refractivity contribution < 1.29 is 4.79 Å². The van der Waals surface area contributed by atoms with E-state index in [0.717, 1.165) is 22.9 Å². The molecular formula is C17H17BrN2O. The second kappa shape index (κ2) is 5.90. The Hall–Kier alpha value is -1.81. The van der Waals surface area contributed by atoms with E-state index in [4.69, 9.17) is 5.73 Å². The van der Waals surface area contributed by atoms with Gasteiger partial charge in [-0.1, -0.05) is 46.3 Å². The molecule has 1 fully saturated rings. The average molecular weight is 345 g/mol. The molecular weight excluding hydrogens is 328 g/mol. The lowest BCUT2D eigenvalue weighted by molar-refractivity contribution is 0.0730. The van der Waals surface area contributed by atoms with Gasteiger partial charge >= 0.3 is 0 Å². The SMILES string of the molecule is Nc1cc(Br)cc(C(=O)N(Cc2ccccc2)C2CC2)c1. The van der Waals surface area contributed by atoms with Crippen molar-refractivity contribution in [3.63, 3.8) is 0 Å². The van der Waals surface area contributed by atoms with Gasteiger partial charge < -0.3 is 10.6 Å². The fourth-order valence-corrected chi connectivity index (χ4v) is 2.95. The standard InChI is InChI=1S/C17H17BrN2O/c18-14-8-13(9-15(19)10-14)17(21)20(16-6-7-16)11-12-4-2-1-3-5-12/h1-5,8-10,16H,6-7,11,19H2. The number of amides is 1. The summed E-state index contributed by atoms with van der Waals surface area (Å²) in [6, 6.07) is 15.8. The van der Waals surface area contributed by atoms with Crippen molar-refractivity contribution in [3.8, 4) is 0 Å². The Balaban J connectivity index is 1.85. The highest BCUT2D eigenvalue weighted by Crippen LogP contribution is 2.30. The molecule has 1 amide bonds. The van der Waals surface area contributed by atoms with Crippen LogP contribution in [-0.4, -0.2) is 16.8 Å². The van der Waals surface area contributed by atoms with Crippen LogP contribution in [0.1, 0.15) is 28.8 Å². The molecule has 2 aromatic rings. The summed E-state index contributed by atoms with van der Waals surface area (Å²) in [7, 11) is 0. The van der Waals surface area contributed by atoms with E-state index in [1.54, 1.807) is 12.1 Å². The Morgan fingerprint density at radius 2 is 1.90 bits per heavy atom. The van der Waals surface area contributed by atoms with Crippen LogP contribution >= 0.6 is 15.9 Å². The molecule has 1 saturated carbocycles. The van der Waals surface area contributed by atoms with Gasteiger partial charge in [0.25, 0.3) is 5.91 Å². The van der Waals surface area contributed by atoms with Crippen LogP contribution in [0.4, 0.5) is 5.69 Å². The first kappa shape index (κ1) is 14.1. The maximum atomic E-state index is 12.8. The Bertz CT molecular complexity index is 633. The van der Waals surface area contributed by atoms with Crippen LogP contribution < -0.4 is 5.73 Å². The number of nitrogens with zero attached hydrogens (tertiary/aromatic N) is 1. The number of hydrogen-bond donors (Lipinski definition) is 1. The van der Waals surface area contributed by atoms with Crippen molar-refractivity contribution in [3.05, 3.63) is 64.1 Å². The summed E-state index contributed by atoms with van der Waals surface area (Å²) in [6.07, 6.45) is 2.17. The predicted molar refractivity (Wildman–Crippen MR) is 87.9 cm³/mol. The van der Waals surface area contributed by atoms with E-state index >= 15 is 0 Å². The topological polar surface area (TPSA) is 46.3 Å². The third kappa shape index (κ3) is 3.45. The molecule has 0 saturated heterocycles. The minimum absolute atomic E-state index is 0.0503. The van der Waals surface area contributed by atoms with Gasteiger partial charge in [0.2, 0.25) is 0 Å². The zero-order valence-electron chi connectivity index (χ0n) is 11.6. The van der Waals surface area contributed by atoms with Crippen molar-refractivity contribution in [1.82, 2.24) is 4.90 Å². The molecule has 21 heavy (non-hydrogen) atoms. The van der Waals surface area contributed by atoms with E-state index in [1.807, 2.05) is 29.2 Å². The number of nitrogens with two attached hydrogens (primary N) is 1. The summed E-state index contributed by atoms with van der Waals surface area (Å²) < 4.78 is 0.835. The van der Waals surface area contributed by atoms with E-state index in [1.165, 1.54) is 0 Å². The predicted octanol–water partition coefficient (Wildman–Crippen LogP) is 3.84. The summed E-state index contributed by atoms with van der Waals surface area (Å²) in [5.74, 6) is 0.0503. The molecule has 0 radical (unpaired) electrons. The molecule has 1 aliphatic rings. The largest absolute Gasteiger partial charge is 0.399 e. The number of halogens is 1. The fourth-order valence-electron chi connectivity index (χ4n) is 2.43. The van der Waals surface area contributed by atoms with Crippen molar-refractivity contribution in [2.45, 2.75) is 25.4 Å². The third-order valence-electron chi connectivity index (χ3n) is 3.61. The minimum Gasteiger partial charge on any atom is -0.399 e. The molecule has 4 heteroatoms. The summed E-state index contributed by atoms with van der Waals surface area (Å²) in [5, 5.41) is 0. The third-order valence-corrected chi connectivity index (χ3v) is 4.07. The van der Waals surface area contributed by atoms with Gasteiger partial charge in [0.1, 0.15) is 0 Å². The summed E-state index contributed by atoms with van der Waals surface area (Å²) in [5.41, 5.74) is 8.24. The Morgan fingerprint density at radius 1 is 1.19 bits per heavy atom. The normalized spacial score (nSPS) is 14.0. The van der Waals surface area contributed by atoms with Gasteiger partial charge in [0, 0.05) is 28.3 Å². The van der Waals surface area contributed by atoms with Gasteiger partial charge in [0.05, 0.1) is 0 Å². The molecule has 0 atom stereocenters. The van der Waals surface area contributed by atoms with Crippen LogP contribution in [0.5, 0.6) is 0 Å². The molecule has 0 spiro atoms. The number of carbonyl (C=O) groups excluding carboxylic acids is 1. The lowest BCUT2D eigenvalue weighted by Gasteiger charge is -2.23. The monoisotopic (exact) mass is 344 g/mol. The van der Waals surface area contributed by atoms with E-state index in [-0.39, 0.29) is 5.91 Å². The number of hydrogen-bond acceptors (Lipinski definition) is 2. The van der Waals surface area contributed by atoms with Crippen molar-refractivity contribution in [2.24, 2.45) is 0 Å². The summed E-state index contributed by atoms with van der Waals surface area (Å²) >= 11 is 3.40. The van der Waals surface area contributed by atoms with Gasteiger partial charge in [-0.2, -0.15) is 0 Å². The molecule has 0 unspecified atom stereocenters. The van der Waals surface area contributed by atoms with Gasteiger partial charge in [-0.25, -0.2) is 0 Å². The van der Waals surface area contributed by atoms with Gasteiger partial charge in [-0.3, -0.25) is 4.79 Å². The first-order valence-corrected chi connectivity index (χ1v) is 7.84. The summed E-state index contributed by atoms with van der Waals surface area (Å²) in [6.45, 7) is 0.650. The molecule has 2 aromatic carbocycles. The number of nitrogen functional groups attached to an aromatic ring is 1. The van der Waals surface area contributed by atoms with Crippen LogP contribution in [0.2, 0.25) is 0 Å². The number of rotatable bonds is 4. The van der Waals surface area contributed by atoms with Gasteiger partial charge in [-0.15, -0.1) is 0 Å². The van der Waals surface area contributed by atoms with Crippen molar-refractivity contribution in [1.29, 1.82) is 0 Å². The lowest BCUT2D eigenvalue weighted by atomic mass is 10.1. The van der Waals surface area contributed by atoms with Crippen LogP contribution in [0.15, 0.2) is 53.0 Å². The molecule has 0 bridgehead atoms. The quantitative estimate of drug-likeness (QED) is 0.856. The minimum atomic E-state index is 0.0503. The molecule has 0 aliphatic heterocycles. The van der Waals surface area contributed by atoms with Crippen LogP contribution in [0, 0.1) is 0 Å². The van der Waals surface area contributed by atoms with E-state index in [2.05, 4.69) is 28.1 Å². The Labute approximate surface area is 132 Å². The van der Waals surface area contributed by atoms with Crippen LogP contribution in [0.25, 0.3) is 0 Å². The molecule has 0 aromatic heterocycles. The molecule has 0 heterocycles. The molecule has 2 N–H and O–H groups in total. The molecule has 1 aliphatic carbocycles. The Morgan fingerprint density at radius 3 is 2.52 bits per heavy atom. The van der Waals surface area contributed by atoms with Crippen LogP contribution in [0.3, 0.4) is 0 Å².